The highest BCUT2D eigenvalue weighted by Gasteiger charge is 2.57. The minimum absolute atomic E-state index is 0.206. The summed E-state index contributed by atoms with van der Waals surface area (Å²) < 4.78 is 10.1. The molecule has 0 amide bonds. The summed E-state index contributed by atoms with van der Waals surface area (Å²) in [6.07, 6.45) is 0.0935. The van der Waals surface area contributed by atoms with Gasteiger partial charge in [0.15, 0.2) is 6.29 Å². The third kappa shape index (κ3) is 1.05. The van der Waals surface area contributed by atoms with Crippen LogP contribution >= 0.6 is 0 Å². The van der Waals surface area contributed by atoms with Crippen molar-refractivity contribution in [3.8, 4) is 0 Å². The summed E-state index contributed by atoms with van der Waals surface area (Å²) in [6, 6.07) is 0. The maximum atomic E-state index is 9.35. The Balaban J connectivity index is 2.42. The smallest absolute Gasteiger partial charge is 0.189 e. The maximum absolute atomic E-state index is 9.35. The van der Waals surface area contributed by atoms with Crippen LogP contribution in [-0.4, -0.2) is 30.2 Å². The first-order valence-electron chi connectivity index (χ1n) is 3.53. The predicted molar refractivity (Wildman–Crippen MR) is 36.6 cm³/mol. The largest absolute Gasteiger partial charge is 0.390 e. The fourth-order valence-electron chi connectivity index (χ4n) is 1.12. The summed E-state index contributed by atoms with van der Waals surface area (Å²) in [4.78, 5) is 0. The molecule has 3 heteroatoms. The van der Waals surface area contributed by atoms with Crippen LogP contribution in [0.4, 0.5) is 0 Å². The fraction of sp³-hybridized carbons (Fsp3) is 1.00. The lowest BCUT2D eigenvalue weighted by Crippen LogP contribution is -2.28. The molecule has 1 aliphatic heterocycles. The molecule has 1 saturated heterocycles. The zero-order valence-corrected chi connectivity index (χ0v) is 6.63. The van der Waals surface area contributed by atoms with E-state index in [1.165, 1.54) is 0 Å². The van der Waals surface area contributed by atoms with Gasteiger partial charge < -0.3 is 14.6 Å². The molecule has 0 aromatic heterocycles. The molecule has 0 aromatic rings. The van der Waals surface area contributed by atoms with Gasteiger partial charge in [0.2, 0.25) is 0 Å². The van der Waals surface area contributed by atoms with Gasteiger partial charge in [0.05, 0.1) is 6.10 Å². The number of aliphatic hydroxyl groups excluding tert-OH is 1. The van der Waals surface area contributed by atoms with Gasteiger partial charge in [0.1, 0.15) is 5.60 Å². The molecule has 1 aliphatic rings. The molecule has 0 bridgehead atoms. The highest BCUT2D eigenvalue weighted by Crippen LogP contribution is 2.40. The van der Waals surface area contributed by atoms with Crippen LogP contribution in [0.15, 0.2) is 0 Å². The summed E-state index contributed by atoms with van der Waals surface area (Å²) in [5, 5.41) is 9.35. The number of hydrogen-bond donors (Lipinski definition) is 1. The van der Waals surface area contributed by atoms with Gasteiger partial charge in [-0.25, -0.2) is 0 Å². The second kappa shape index (κ2) is 2.49. The third-order valence-corrected chi connectivity index (χ3v) is 2.03. The molecule has 0 spiro atoms. The second-order valence-corrected chi connectivity index (χ2v) is 2.79. The third-order valence-electron chi connectivity index (χ3n) is 2.03. The molecule has 3 unspecified atom stereocenters. The van der Waals surface area contributed by atoms with Crippen LogP contribution < -0.4 is 0 Å². The van der Waals surface area contributed by atoms with Crippen LogP contribution in [0, 0.1) is 0 Å². The van der Waals surface area contributed by atoms with Gasteiger partial charge in [-0.05, 0) is 13.3 Å². The lowest BCUT2D eigenvalue weighted by molar-refractivity contribution is 0.0817. The first-order valence-corrected chi connectivity index (χ1v) is 3.53. The predicted octanol–water partition coefficient (Wildman–Crippen LogP) is 0.519. The van der Waals surface area contributed by atoms with Crippen molar-refractivity contribution < 1.29 is 14.6 Å². The van der Waals surface area contributed by atoms with Gasteiger partial charge in [-0.2, -0.15) is 0 Å². The van der Waals surface area contributed by atoms with Crippen molar-refractivity contribution in [2.24, 2.45) is 0 Å². The van der Waals surface area contributed by atoms with E-state index in [-0.39, 0.29) is 6.29 Å². The van der Waals surface area contributed by atoms with Crippen molar-refractivity contribution in [3.05, 3.63) is 0 Å². The molecule has 1 rings (SSSR count). The quantitative estimate of drug-likeness (QED) is 0.590. The van der Waals surface area contributed by atoms with Gasteiger partial charge in [0, 0.05) is 7.11 Å². The number of epoxide rings is 1. The Morgan fingerprint density at radius 3 is 2.70 bits per heavy atom. The first-order chi connectivity index (χ1) is 4.65. The SMILES string of the molecule is CCC(O)C1(C)OC1OC. The van der Waals surface area contributed by atoms with Gasteiger partial charge in [-0.3, -0.25) is 0 Å². The highest BCUT2D eigenvalue weighted by atomic mass is 16.8. The Hall–Kier alpha value is -0.120. The Labute approximate surface area is 60.9 Å². The van der Waals surface area contributed by atoms with Crippen LogP contribution in [0.5, 0.6) is 0 Å². The molecule has 0 aromatic carbocycles. The highest BCUT2D eigenvalue weighted by molar-refractivity contribution is 4.98. The molecule has 0 radical (unpaired) electrons. The average Bonchev–Trinajstić information content (AvgIpc) is 2.61. The standard InChI is InChI=1S/C7H14O3/c1-4-5(8)7(2)6(9-3)10-7/h5-6,8H,4H2,1-3H3. The number of methoxy groups -OCH3 is 1. The normalized spacial score (nSPS) is 41.4. The Morgan fingerprint density at radius 1 is 1.80 bits per heavy atom. The molecule has 1 fully saturated rings. The molecule has 1 N–H and O–H groups in total. The number of rotatable bonds is 3. The van der Waals surface area contributed by atoms with Crippen molar-refractivity contribution in [2.45, 2.75) is 38.3 Å². The lowest BCUT2D eigenvalue weighted by Gasteiger charge is -2.11. The molecule has 0 aliphatic carbocycles. The minimum atomic E-state index is -0.441. The van der Waals surface area contributed by atoms with Crippen LogP contribution in [0.1, 0.15) is 20.3 Å². The molecular formula is C7H14O3. The van der Waals surface area contributed by atoms with Crippen LogP contribution in [0.25, 0.3) is 0 Å². The molecule has 0 saturated carbocycles. The van der Waals surface area contributed by atoms with Gasteiger partial charge in [0.25, 0.3) is 0 Å². The molecule has 60 valence electrons. The van der Waals surface area contributed by atoms with E-state index >= 15 is 0 Å². The Morgan fingerprint density at radius 2 is 2.40 bits per heavy atom. The molecule has 3 nitrogen and oxygen atoms in total. The molecular weight excluding hydrogens is 132 g/mol. The van der Waals surface area contributed by atoms with E-state index in [0.717, 1.165) is 0 Å². The summed E-state index contributed by atoms with van der Waals surface area (Å²) in [5.74, 6) is 0. The van der Waals surface area contributed by atoms with Gasteiger partial charge in [-0.1, -0.05) is 6.92 Å². The number of hydrogen-bond acceptors (Lipinski definition) is 3. The van der Waals surface area contributed by atoms with E-state index in [4.69, 9.17) is 9.47 Å². The maximum Gasteiger partial charge on any atom is 0.189 e. The van der Waals surface area contributed by atoms with Crippen molar-refractivity contribution in [2.75, 3.05) is 7.11 Å². The summed E-state index contributed by atoms with van der Waals surface area (Å²) in [6.45, 7) is 3.78. The topological polar surface area (TPSA) is 42.0 Å². The van der Waals surface area contributed by atoms with Gasteiger partial charge in [-0.15, -0.1) is 0 Å². The lowest BCUT2D eigenvalue weighted by atomic mass is 10.0. The molecule has 10 heavy (non-hydrogen) atoms. The van der Waals surface area contributed by atoms with E-state index in [2.05, 4.69) is 0 Å². The van der Waals surface area contributed by atoms with E-state index in [0.29, 0.717) is 6.42 Å². The van der Waals surface area contributed by atoms with Crippen molar-refractivity contribution in [1.82, 2.24) is 0 Å². The fourth-order valence-corrected chi connectivity index (χ4v) is 1.12. The first kappa shape index (κ1) is 7.98. The Kier molecular flexibility index (Phi) is 1.99. The Bertz CT molecular complexity index is 126. The van der Waals surface area contributed by atoms with Crippen LogP contribution in [0.2, 0.25) is 0 Å². The van der Waals surface area contributed by atoms with E-state index in [1.54, 1.807) is 7.11 Å². The zero-order valence-electron chi connectivity index (χ0n) is 6.63. The van der Waals surface area contributed by atoms with E-state index < -0.39 is 11.7 Å². The number of ether oxygens (including phenoxy) is 2. The van der Waals surface area contributed by atoms with E-state index in [1.807, 2.05) is 13.8 Å². The summed E-state index contributed by atoms with van der Waals surface area (Å²) in [7, 11) is 1.58. The van der Waals surface area contributed by atoms with Crippen molar-refractivity contribution >= 4 is 0 Å². The van der Waals surface area contributed by atoms with Crippen LogP contribution in [0.3, 0.4) is 0 Å². The monoisotopic (exact) mass is 146 g/mol. The second-order valence-electron chi connectivity index (χ2n) is 2.79. The molecule has 3 atom stereocenters. The average molecular weight is 146 g/mol. The van der Waals surface area contributed by atoms with Gasteiger partial charge >= 0.3 is 0 Å². The molecule has 1 heterocycles. The minimum Gasteiger partial charge on any atom is -0.390 e. The van der Waals surface area contributed by atoms with Crippen LogP contribution in [-0.2, 0) is 9.47 Å². The number of aliphatic hydroxyl groups is 1. The van der Waals surface area contributed by atoms with Crippen molar-refractivity contribution in [1.29, 1.82) is 0 Å². The van der Waals surface area contributed by atoms with Crippen molar-refractivity contribution in [3.63, 3.8) is 0 Å². The summed E-state index contributed by atoms with van der Waals surface area (Å²) >= 11 is 0. The van der Waals surface area contributed by atoms with E-state index in [9.17, 15) is 5.11 Å². The zero-order chi connectivity index (χ0) is 7.78. The summed E-state index contributed by atoms with van der Waals surface area (Å²) in [5.41, 5.74) is -0.441.